The molecular formula is C23H20N2O4. The van der Waals surface area contributed by atoms with E-state index in [-0.39, 0.29) is 18.4 Å². The van der Waals surface area contributed by atoms with Crippen LogP contribution in [0.5, 0.6) is 11.5 Å². The minimum atomic E-state index is -0.801. The third-order valence-electron chi connectivity index (χ3n) is 4.53. The van der Waals surface area contributed by atoms with Gasteiger partial charge in [0.2, 0.25) is 6.10 Å². The fraction of sp³-hybridized carbons (Fsp3) is 0.130. The summed E-state index contributed by atoms with van der Waals surface area (Å²) < 4.78 is 11.3. The monoisotopic (exact) mass is 388 g/mol. The highest BCUT2D eigenvalue weighted by Crippen LogP contribution is 2.31. The molecule has 2 amide bonds. The first-order valence-electron chi connectivity index (χ1n) is 9.31. The Bertz CT molecular complexity index is 1020. The first kappa shape index (κ1) is 18.6. The molecule has 2 N–H and O–H groups in total. The lowest BCUT2D eigenvalue weighted by Crippen LogP contribution is -2.40. The number of nitrogens with one attached hydrogen (secondary N) is 2. The summed E-state index contributed by atoms with van der Waals surface area (Å²) in [5.41, 5.74) is 1.80. The molecule has 1 heterocycles. The largest absolute Gasteiger partial charge is 0.485 e. The third kappa shape index (κ3) is 4.38. The lowest BCUT2D eigenvalue weighted by Gasteiger charge is -2.25. The lowest BCUT2D eigenvalue weighted by atomic mass is 10.1. The molecule has 0 bridgehead atoms. The number of rotatable bonds is 5. The van der Waals surface area contributed by atoms with Crippen LogP contribution in [0.3, 0.4) is 0 Å². The van der Waals surface area contributed by atoms with Crippen LogP contribution in [0.1, 0.15) is 15.9 Å². The van der Waals surface area contributed by atoms with Gasteiger partial charge in [0, 0.05) is 6.54 Å². The van der Waals surface area contributed by atoms with Gasteiger partial charge < -0.3 is 20.1 Å². The van der Waals surface area contributed by atoms with E-state index in [9.17, 15) is 9.59 Å². The molecule has 0 aliphatic carbocycles. The molecule has 0 radical (unpaired) electrons. The van der Waals surface area contributed by atoms with Gasteiger partial charge in [0.1, 0.15) is 6.61 Å². The molecular weight excluding hydrogens is 368 g/mol. The normalized spacial score (nSPS) is 14.7. The summed E-state index contributed by atoms with van der Waals surface area (Å²) in [6, 6.07) is 23.7. The average Bonchev–Trinajstić information content (AvgIpc) is 2.78. The summed E-state index contributed by atoms with van der Waals surface area (Å²) in [4.78, 5) is 25.3. The van der Waals surface area contributed by atoms with Crippen LogP contribution in [0.25, 0.3) is 0 Å². The number of amides is 2. The van der Waals surface area contributed by atoms with Gasteiger partial charge in [-0.15, -0.1) is 0 Å². The molecule has 1 aliphatic rings. The predicted molar refractivity (Wildman–Crippen MR) is 109 cm³/mol. The molecule has 29 heavy (non-hydrogen) atoms. The molecule has 0 fully saturated rings. The highest BCUT2D eigenvalue weighted by Gasteiger charge is 2.28. The van der Waals surface area contributed by atoms with Gasteiger partial charge in [0.15, 0.2) is 11.5 Å². The zero-order valence-corrected chi connectivity index (χ0v) is 15.6. The highest BCUT2D eigenvalue weighted by molar-refractivity contribution is 6.04. The molecule has 4 rings (SSSR count). The van der Waals surface area contributed by atoms with Gasteiger partial charge in [0.05, 0.1) is 11.3 Å². The number of carbonyl (C=O) groups excluding carboxylic acids is 2. The van der Waals surface area contributed by atoms with Crippen LogP contribution in [0, 0.1) is 0 Å². The van der Waals surface area contributed by atoms with Gasteiger partial charge >= 0.3 is 0 Å². The van der Waals surface area contributed by atoms with Crippen molar-refractivity contribution in [3.05, 3.63) is 90.0 Å². The maximum absolute atomic E-state index is 12.7. The highest BCUT2D eigenvalue weighted by atomic mass is 16.6. The number of hydrogen-bond donors (Lipinski definition) is 2. The minimum absolute atomic E-state index is 0.102. The summed E-state index contributed by atoms with van der Waals surface area (Å²) in [7, 11) is 0. The summed E-state index contributed by atoms with van der Waals surface area (Å²) in [5, 5.41) is 5.66. The van der Waals surface area contributed by atoms with E-state index in [0.717, 1.165) is 5.56 Å². The zero-order chi connectivity index (χ0) is 20.1. The van der Waals surface area contributed by atoms with Crippen molar-refractivity contribution in [1.82, 2.24) is 5.32 Å². The minimum Gasteiger partial charge on any atom is -0.485 e. The molecule has 1 atom stereocenters. The van der Waals surface area contributed by atoms with Gasteiger partial charge in [-0.25, -0.2) is 0 Å². The number of benzene rings is 3. The second-order valence-electron chi connectivity index (χ2n) is 6.57. The van der Waals surface area contributed by atoms with E-state index in [1.165, 1.54) is 0 Å². The van der Waals surface area contributed by atoms with E-state index in [2.05, 4.69) is 10.6 Å². The van der Waals surface area contributed by atoms with Crippen molar-refractivity contribution in [2.75, 3.05) is 11.9 Å². The molecule has 0 unspecified atom stereocenters. The Balaban J connectivity index is 1.43. The number of hydrogen-bond acceptors (Lipinski definition) is 4. The van der Waals surface area contributed by atoms with Crippen molar-refractivity contribution in [1.29, 1.82) is 0 Å². The van der Waals surface area contributed by atoms with Gasteiger partial charge in [-0.05, 0) is 29.8 Å². The maximum atomic E-state index is 12.7. The zero-order valence-electron chi connectivity index (χ0n) is 15.6. The first-order chi connectivity index (χ1) is 14.2. The Kier molecular flexibility index (Phi) is 5.42. The van der Waals surface area contributed by atoms with Gasteiger partial charge in [-0.1, -0.05) is 54.6 Å². The Morgan fingerprint density at radius 2 is 1.55 bits per heavy atom. The Labute approximate surface area is 168 Å². The van der Waals surface area contributed by atoms with Crippen LogP contribution in [-0.2, 0) is 11.3 Å². The average molecular weight is 388 g/mol. The first-order valence-corrected chi connectivity index (χ1v) is 9.31. The summed E-state index contributed by atoms with van der Waals surface area (Å²) in [6.07, 6.45) is -0.801. The summed E-state index contributed by atoms with van der Waals surface area (Å²) in [5.74, 6) is 0.490. The summed E-state index contributed by atoms with van der Waals surface area (Å²) >= 11 is 0. The molecule has 6 heteroatoms. The van der Waals surface area contributed by atoms with Gasteiger partial charge in [0.25, 0.3) is 11.8 Å². The van der Waals surface area contributed by atoms with Crippen LogP contribution < -0.4 is 20.1 Å². The van der Waals surface area contributed by atoms with Gasteiger partial charge in [-0.3, -0.25) is 9.59 Å². The number of para-hydroxylation sites is 3. The van der Waals surface area contributed by atoms with Crippen LogP contribution >= 0.6 is 0 Å². The van der Waals surface area contributed by atoms with Crippen molar-refractivity contribution in [3.8, 4) is 11.5 Å². The Hall–Kier alpha value is -3.80. The number of fused-ring (bicyclic) bond motifs is 1. The third-order valence-corrected chi connectivity index (χ3v) is 4.53. The molecule has 3 aromatic rings. The van der Waals surface area contributed by atoms with E-state index in [0.29, 0.717) is 29.3 Å². The molecule has 146 valence electrons. The second kappa shape index (κ2) is 8.48. The second-order valence-corrected chi connectivity index (χ2v) is 6.57. The van der Waals surface area contributed by atoms with Crippen molar-refractivity contribution in [2.24, 2.45) is 0 Å². The van der Waals surface area contributed by atoms with E-state index >= 15 is 0 Å². The molecule has 6 nitrogen and oxygen atoms in total. The molecule has 0 saturated heterocycles. The Morgan fingerprint density at radius 1 is 0.862 bits per heavy atom. The quantitative estimate of drug-likeness (QED) is 0.702. The molecule has 0 saturated carbocycles. The van der Waals surface area contributed by atoms with E-state index in [1.54, 1.807) is 36.4 Å². The van der Waals surface area contributed by atoms with Crippen molar-refractivity contribution in [3.63, 3.8) is 0 Å². The van der Waals surface area contributed by atoms with Crippen LogP contribution in [-0.4, -0.2) is 24.5 Å². The van der Waals surface area contributed by atoms with E-state index in [1.807, 2.05) is 42.5 Å². The standard InChI is InChI=1S/C23H20N2O4/c26-22(24-14-16-8-2-1-3-9-16)17-10-4-5-11-18(17)25-23(27)21-15-28-19-12-6-7-13-20(19)29-21/h1-13,21H,14-15H2,(H,24,26)(H,25,27)/t21-/m1/s1. The topological polar surface area (TPSA) is 76.7 Å². The van der Waals surface area contributed by atoms with Crippen molar-refractivity contribution < 1.29 is 19.1 Å². The fourth-order valence-electron chi connectivity index (χ4n) is 3.03. The SMILES string of the molecule is O=C(NCc1ccccc1)c1ccccc1NC(=O)[C@H]1COc2ccccc2O1. The number of anilines is 1. The van der Waals surface area contributed by atoms with Crippen molar-refractivity contribution in [2.45, 2.75) is 12.6 Å². The van der Waals surface area contributed by atoms with Crippen LogP contribution in [0.2, 0.25) is 0 Å². The number of carbonyl (C=O) groups is 2. The van der Waals surface area contributed by atoms with E-state index < -0.39 is 6.10 Å². The Morgan fingerprint density at radius 3 is 2.38 bits per heavy atom. The predicted octanol–water partition coefficient (Wildman–Crippen LogP) is 3.40. The summed E-state index contributed by atoms with van der Waals surface area (Å²) in [6.45, 7) is 0.504. The molecule has 3 aromatic carbocycles. The molecule has 1 aliphatic heterocycles. The smallest absolute Gasteiger partial charge is 0.269 e. The van der Waals surface area contributed by atoms with E-state index in [4.69, 9.17) is 9.47 Å². The van der Waals surface area contributed by atoms with Crippen LogP contribution in [0.4, 0.5) is 5.69 Å². The molecule has 0 aromatic heterocycles. The maximum Gasteiger partial charge on any atom is 0.269 e. The lowest BCUT2D eigenvalue weighted by molar-refractivity contribution is -0.125. The van der Waals surface area contributed by atoms with Gasteiger partial charge in [-0.2, -0.15) is 0 Å². The van der Waals surface area contributed by atoms with Crippen molar-refractivity contribution >= 4 is 17.5 Å². The fourth-order valence-corrected chi connectivity index (χ4v) is 3.03. The molecule has 0 spiro atoms. The van der Waals surface area contributed by atoms with Crippen LogP contribution in [0.15, 0.2) is 78.9 Å². The number of ether oxygens (including phenoxy) is 2.